The van der Waals surface area contributed by atoms with Gasteiger partial charge in [-0.2, -0.15) is 0 Å². The second-order valence-electron chi connectivity index (χ2n) is 2.80. The van der Waals surface area contributed by atoms with E-state index in [1.165, 1.54) is 0 Å². The van der Waals surface area contributed by atoms with Crippen LogP contribution in [0, 0.1) is 0 Å². The van der Waals surface area contributed by atoms with Crippen LogP contribution in [0.3, 0.4) is 0 Å². The lowest BCUT2D eigenvalue weighted by Gasteiger charge is -2.22. The van der Waals surface area contributed by atoms with Crippen LogP contribution in [0.2, 0.25) is 0 Å². The minimum absolute atomic E-state index is 0.337. The van der Waals surface area contributed by atoms with Gasteiger partial charge in [-0.1, -0.05) is 13.8 Å². The molecular formula is C9H20O2. The van der Waals surface area contributed by atoms with Crippen molar-refractivity contribution in [3.05, 3.63) is 0 Å². The Hall–Kier alpha value is -0.0800. The number of hydrogen-bond donors (Lipinski definition) is 0. The van der Waals surface area contributed by atoms with E-state index in [0.717, 1.165) is 26.1 Å². The summed E-state index contributed by atoms with van der Waals surface area (Å²) in [5, 5.41) is 0. The van der Waals surface area contributed by atoms with Gasteiger partial charge in [-0.05, 0) is 26.7 Å². The standard InChI is InChI=1S/C7H14O2.C2H6/c1-7(2)8-5-3-4-6-9-7;1-2/h3-6H2,1-2H3;1-2H3. The largest absolute Gasteiger partial charge is 0.351 e. The normalized spacial score (nSPS) is 22.9. The summed E-state index contributed by atoms with van der Waals surface area (Å²) in [6, 6.07) is 0. The molecule has 2 heteroatoms. The fourth-order valence-electron chi connectivity index (χ4n) is 0.882. The molecule has 0 bridgehead atoms. The third-order valence-corrected chi connectivity index (χ3v) is 1.44. The molecule has 0 aromatic rings. The highest BCUT2D eigenvalue weighted by Gasteiger charge is 2.20. The summed E-state index contributed by atoms with van der Waals surface area (Å²) < 4.78 is 10.7. The summed E-state index contributed by atoms with van der Waals surface area (Å²) in [4.78, 5) is 0. The van der Waals surface area contributed by atoms with Crippen LogP contribution in [0.25, 0.3) is 0 Å². The van der Waals surface area contributed by atoms with E-state index in [9.17, 15) is 0 Å². The fraction of sp³-hybridized carbons (Fsp3) is 1.00. The van der Waals surface area contributed by atoms with Crippen LogP contribution in [0.4, 0.5) is 0 Å². The van der Waals surface area contributed by atoms with Crippen molar-refractivity contribution in [2.75, 3.05) is 13.2 Å². The molecule has 1 aliphatic rings. The second kappa shape index (κ2) is 5.56. The van der Waals surface area contributed by atoms with Gasteiger partial charge in [-0.25, -0.2) is 0 Å². The molecule has 2 nitrogen and oxygen atoms in total. The highest BCUT2D eigenvalue weighted by atomic mass is 16.7. The average Bonchev–Trinajstić information content (AvgIpc) is 2.17. The van der Waals surface area contributed by atoms with Crippen LogP contribution >= 0.6 is 0 Å². The summed E-state index contributed by atoms with van der Waals surface area (Å²) in [6.07, 6.45) is 2.26. The van der Waals surface area contributed by atoms with Gasteiger partial charge in [-0.15, -0.1) is 0 Å². The zero-order valence-corrected chi connectivity index (χ0v) is 8.14. The molecule has 11 heavy (non-hydrogen) atoms. The molecule has 0 N–H and O–H groups in total. The van der Waals surface area contributed by atoms with E-state index >= 15 is 0 Å². The number of hydrogen-bond acceptors (Lipinski definition) is 2. The van der Waals surface area contributed by atoms with Gasteiger partial charge < -0.3 is 9.47 Å². The van der Waals surface area contributed by atoms with E-state index in [0.29, 0.717) is 0 Å². The van der Waals surface area contributed by atoms with Gasteiger partial charge in [0.1, 0.15) is 0 Å². The molecule has 0 amide bonds. The molecule has 1 fully saturated rings. The van der Waals surface area contributed by atoms with E-state index < -0.39 is 0 Å². The van der Waals surface area contributed by atoms with Crippen LogP contribution in [0.15, 0.2) is 0 Å². The van der Waals surface area contributed by atoms with Crippen molar-refractivity contribution in [2.24, 2.45) is 0 Å². The minimum Gasteiger partial charge on any atom is -0.351 e. The molecule has 1 aliphatic heterocycles. The number of ether oxygens (including phenoxy) is 2. The van der Waals surface area contributed by atoms with E-state index in [4.69, 9.17) is 9.47 Å². The zero-order chi connectivity index (χ0) is 8.74. The first kappa shape index (κ1) is 10.9. The average molecular weight is 160 g/mol. The first-order valence-electron chi connectivity index (χ1n) is 4.49. The van der Waals surface area contributed by atoms with Gasteiger partial charge >= 0.3 is 0 Å². The Morgan fingerprint density at radius 1 is 0.909 bits per heavy atom. The first-order chi connectivity index (χ1) is 5.21. The Labute approximate surface area is 69.9 Å². The van der Waals surface area contributed by atoms with Gasteiger partial charge in [0.05, 0.1) is 13.2 Å². The molecule has 0 aromatic carbocycles. The summed E-state index contributed by atoms with van der Waals surface area (Å²) in [7, 11) is 0. The van der Waals surface area contributed by atoms with Gasteiger partial charge in [0.2, 0.25) is 0 Å². The van der Waals surface area contributed by atoms with Crippen molar-refractivity contribution >= 4 is 0 Å². The lowest BCUT2D eigenvalue weighted by Crippen LogP contribution is -2.26. The quantitative estimate of drug-likeness (QED) is 0.542. The maximum atomic E-state index is 5.37. The van der Waals surface area contributed by atoms with Gasteiger partial charge in [0.15, 0.2) is 5.79 Å². The molecule has 0 radical (unpaired) electrons. The topological polar surface area (TPSA) is 18.5 Å². The summed E-state index contributed by atoms with van der Waals surface area (Å²) in [5.74, 6) is -0.337. The van der Waals surface area contributed by atoms with Crippen LogP contribution in [-0.2, 0) is 9.47 Å². The molecule has 0 spiro atoms. The smallest absolute Gasteiger partial charge is 0.162 e. The maximum Gasteiger partial charge on any atom is 0.162 e. The van der Waals surface area contributed by atoms with Crippen LogP contribution in [0.5, 0.6) is 0 Å². The molecule has 1 saturated heterocycles. The summed E-state index contributed by atoms with van der Waals surface area (Å²) >= 11 is 0. The van der Waals surface area contributed by atoms with E-state index in [2.05, 4.69) is 0 Å². The van der Waals surface area contributed by atoms with Crippen LogP contribution in [0.1, 0.15) is 40.5 Å². The third kappa shape index (κ3) is 5.22. The molecule has 1 heterocycles. The number of rotatable bonds is 0. The Balaban J connectivity index is 0.000000461. The first-order valence-corrected chi connectivity index (χ1v) is 4.49. The Bertz CT molecular complexity index is 79.6. The van der Waals surface area contributed by atoms with Crippen molar-refractivity contribution in [3.8, 4) is 0 Å². The van der Waals surface area contributed by atoms with E-state index in [1.807, 2.05) is 27.7 Å². The minimum atomic E-state index is -0.337. The van der Waals surface area contributed by atoms with Crippen molar-refractivity contribution in [3.63, 3.8) is 0 Å². The lowest BCUT2D eigenvalue weighted by atomic mass is 10.3. The molecule has 0 saturated carbocycles. The predicted octanol–water partition coefficient (Wildman–Crippen LogP) is 2.58. The molecule has 0 atom stereocenters. The maximum absolute atomic E-state index is 5.37. The molecule has 0 aliphatic carbocycles. The van der Waals surface area contributed by atoms with Gasteiger partial charge in [0.25, 0.3) is 0 Å². The van der Waals surface area contributed by atoms with Gasteiger partial charge in [-0.3, -0.25) is 0 Å². The monoisotopic (exact) mass is 160 g/mol. The summed E-state index contributed by atoms with van der Waals surface area (Å²) in [6.45, 7) is 9.59. The van der Waals surface area contributed by atoms with Crippen LogP contribution in [-0.4, -0.2) is 19.0 Å². The molecule has 0 unspecified atom stereocenters. The highest BCUT2D eigenvalue weighted by molar-refractivity contribution is 4.57. The van der Waals surface area contributed by atoms with E-state index in [1.54, 1.807) is 0 Å². The highest BCUT2D eigenvalue weighted by Crippen LogP contribution is 2.15. The van der Waals surface area contributed by atoms with Crippen molar-refractivity contribution in [1.29, 1.82) is 0 Å². The van der Waals surface area contributed by atoms with Crippen LogP contribution < -0.4 is 0 Å². The molecule has 0 aromatic heterocycles. The van der Waals surface area contributed by atoms with Crippen molar-refractivity contribution in [1.82, 2.24) is 0 Å². The third-order valence-electron chi connectivity index (χ3n) is 1.44. The van der Waals surface area contributed by atoms with Crippen molar-refractivity contribution in [2.45, 2.75) is 46.3 Å². The van der Waals surface area contributed by atoms with E-state index in [-0.39, 0.29) is 5.79 Å². The second-order valence-corrected chi connectivity index (χ2v) is 2.80. The Kier molecular flexibility index (Phi) is 5.51. The van der Waals surface area contributed by atoms with Crippen molar-refractivity contribution < 1.29 is 9.47 Å². The molecule has 68 valence electrons. The fourth-order valence-corrected chi connectivity index (χ4v) is 0.882. The van der Waals surface area contributed by atoms with Gasteiger partial charge in [0, 0.05) is 0 Å². The predicted molar refractivity (Wildman–Crippen MR) is 46.6 cm³/mol. The zero-order valence-electron chi connectivity index (χ0n) is 8.14. The SMILES string of the molecule is CC.CC1(C)OCCCCO1. The molecular weight excluding hydrogens is 140 g/mol. The summed E-state index contributed by atoms with van der Waals surface area (Å²) in [5.41, 5.74) is 0. The Morgan fingerprint density at radius 3 is 1.64 bits per heavy atom. The molecule has 1 rings (SSSR count). The Morgan fingerprint density at radius 2 is 1.27 bits per heavy atom. The lowest BCUT2D eigenvalue weighted by molar-refractivity contribution is -0.199.